The van der Waals surface area contributed by atoms with Gasteiger partial charge in [-0.2, -0.15) is 4.52 Å². The molecule has 3 heterocycles. The number of fused-ring (bicyclic) bond motifs is 1. The van der Waals surface area contributed by atoms with Gasteiger partial charge in [-0.3, -0.25) is 0 Å². The number of hydrogen-bond acceptors (Lipinski definition) is 4. The van der Waals surface area contributed by atoms with Crippen LogP contribution in [0.5, 0.6) is 5.88 Å². The summed E-state index contributed by atoms with van der Waals surface area (Å²) in [6.45, 7) is 4.14. The zero-order valence-corrected chi connectivity index (χ0v) is 14.0. The van der Waals surface area contributed by atoms with Gasteiger partial charge in [-0.25, -0.2) is 4.98 Å². The Labute approximate surface area is 139 Å². The van der Waals surface area contributed by atoms with Gasteiger partial charge in [-0.1, -0.05) is 41.7 Å². The lowest BCUT2D eigenvalue weighted by atomic mass is 10.0. The van der Waals surface area contributed by atoms with Crippen LogP contribution in [0, 0.1) is 6.92 Å². The Bertz CT molecular complexity index is 805. The van der Waals surface area contributed by atoms with Crippen molar-refractivity contribution in [1.29, 1.82) is 0 Å². The summed E-state index contributed by atoms with van der Waals surface area (Å²) >= 11 is 1.56. The van der Waals surface area contributed by atoms with Gasteiger partial charge in [0.05, 0.1) is 13.1 Å². The Hall–Kier alpha value is -1.92. The molecule has 23 heavy (non-hydrogen) atoms. The molecule has 0 amide bonds. The molecule has 6 heteroatoms. The standard InChI is InChI=1S/C17H20N4OS/c1-12-18-17-21(19-12)16(22)15(23-17)14(13-8-4-2-5-9-13)20-10-6-3-7-11-20/h2,4-5,8-9,14,22H,3,6-7,10-11H2,1H3/p+1/t14-/m0/s1. The summed E-state index contributed by atoms with van der Waals surface area (Å²) < 4.78 is 1.58. The van der Waals surface area contributed by atoms with E-state index >= 15 is 0 Å². The van der Waals surface area contributed by atoms with Gasteiger partial charge in [-0.15, -0.1) is 5.10 Å². The van der Waals surface area contributed by atoms with Gasteiger partial charge in [0.25, 0.3) is 0 Å². The van der Waals surface area contributed by atoms with Crippen LogP contribution in [0.25, 0.3) is 4.96 Å². The summed E-state index contributed by atoms with van der Waals surface area (Å²) in [6, 6.07) is 10.7. The second-order valence-corrected chi connectivity index (χ2v) is 7.22. The molecule has 1 aromatic carbocycles. The SMILES string of the molecule is Cc1nc2sc([C@H](c3ccccc3)[NH+]3CCCCC3)c(O)n2n1. The minimum atomic E-state index is 0.158. The van der Waals surface area contributed by atoms with E-state index in [9.17, 15) is 5.11 Å². The number of aromatic nitrogens is 3. The highest BCUT2D eigenvalue weighted by atomic mass is 32.1. The highest BCUT2D eigenvalue weighted by Gasteiger charge is 2.33. The third kappa shape index (κ3) is 2.62. The number of thiazole rings is 1. The molecule has 5 nitrogen and oxygen atoms in total. The van der Waals surface area contributed by atoms with Crippen LogP contribution in [0.1, 0.15) is 41.6 Å². The van der Waals surface area contributed by atoms with Gasteiger partial charge < -0.3 is 10.0 Å². The maximum atomic E-state index is 10.7. The summed E-state index contributed by atoms with van der Waals surface area (Å²) in [5.41, 5.74) is 1.25. The van der Waals surface area contributed by atoms with Crippen LogP contribution >= 0.6 is 11.3 Å². The molecule has 1 atom stereocenters. The molecule has 0 spiro atoms. The Kier molecular flexibility index (Phi) is 3.79. The van der Waals surface area contributed by atoms with Gasteiger partial charge in [0.15, 0.2) is 6.04 Å². The number of quaternary nitrogens is 1. The van der Waals surface area contributed by atoms with Crippen molar-refractivity contribution in [2.24, 2.45) is 0 Å². The van der Waals surface area contributed by atoms with Crippen molar-refractivity contribution in [1.82, 2.24) is 14.6 Å². The summed E-state index contributed by atoms with van der Waals surface area (Å²) in [5, 5.41) is 15.0. The molecule has 1 saturated heterocycles. The molecule has 120 valence electrons. The fourth-order valence-corrected chi connectivity index (χ4v) is 4.74. The number of nitrogens with one attached hydrogen (secondary N) is 1. The molecule has 0 bridgehead atoms. The maximum Gasteiger partial charge on any atom is 0.235 e. The quantitative estimate of drug-likeness (QED) is 0.772. The van der Waals surface area contributed by atoms with Crippen LogP contribution in [-0.4, -0.2) is 32.8 Å². The first kappa shape index (κ1) is 14.7. The van der Waals surface area contributed by atoms with Crippen LogP contribution in [0.4, 0.5) is 0 Å². The van der Waals surface area contributed by atoms with E-state index in [0.29, 0.717) is 5.82 Å². The molecule has 2 aromatic heterocycles. The normalized spacial score (nSPS) is 17.6. The van der Waals surface area contributed by atoms with Crippen LogP contribution in [-0.2, 0) is 0 Å². The van der Waals surface area contributed by atoms with Crippen molar-refractivity contribution < 1.29 is 10.0 Å². The first-order valence-electron chi connectivity index (χ1n) is 8.18. The fraction of sp³-hybridized carbons (Fsp3) is 0.412. The summed E-state index contributed by atoms with van der Waals surface area (Å²) in [7, 11) is 0. The minimum Gasteiger partial charge on any atom is -0.492 e. The largest absolute Gasteiger partial charge is 0.492 e. The predicted octanol–water partition coefficient (Wildman–Crippen LogP) is 1.96. The van der Waals surface area contributed by atoms with E-state index < -0.39 is 0 Å². The molecule has 1 aliphatic rings. The molecular weight excluding hydrogens is 308 g/mol. The molecule has 0 aliphatic carbocycles. The van der Waals surface area contributed by atoms with Gasteiger partial charge in [-0.05, 0) is 26.2 Å². The lowest BCUT2D eigenvalue weighted by Crippen LogP contribution is -3.13. The van der Waals surface area contributed by atoms with Crippen molar-refractivity contribution >= 4 is 16.3 Å². The van der Waals surface area contributed by atoms with Gasteiger partial charge in [0, 0.05) is 5.56 Å². The van der Waals surface area contributed by atoms with Gasteiger partial charge in [0.1, 0.15) is 10.7 Å². The molecule has 0 unspecified atom stereocenters. The second-order valence-electron chi connectivity index (χ2n) is 6.21. The number of benzene rings is 1. The van der Waals surface area contributed by atoms with Crippen LogP contribution in [0.2, 0.25) is 0 Å². The van der Waals surface area contributed by atoms with Crippen LogP contribution in [0.15, 0.2) is 30.3 Å². The number of nitrogens with zero attached hydrogens (tertiary/aromatic N) is 3. The minimum absolute atomic E-state index is 0.158. The smallest absolute Gasteiger partial charge is 0.235 e. The number of rotatable bonds is 3. The number of likely N-dealkylation sites (tertiary alicyclic amines) is 1. The van der Waals surface area contributed by atoms with Crippen molar-refractivity contribution in [2.45, 2.75) is 32.2 Å². The molecule has 1 aliphatic heterocycles. The van der Waals surface area contributed by atoms with Crippen LogP contribution in [0.3, 0.4) is 0 Å². The number of aryl methyl sites for hydroxylation is 1. The lowest BCUT2D eigenvalue weighted by Gasteiger charge is -2.31. The summed E-state index contributed by atoms with van der Waals surface area (Å²) in [4.78, 5) is 7.69. The van der Waals surface area contributed by atoms with Crippen LogP contribution < -0.4 is 4.90 Å². The topological polar surface area (TPSA) is 54.9 Å². The third-order valence-corrected chi connectivity index (χ3v) is 5.69. The Morgan fingerprint density at radius 1 is 1.17 bits per heavy atom. The molecule has 2 N–H and O–H groups in total. The molecule has 3 aromatic rings. The van der Waals surface area contributed by atoms with Gasteiger partial charge >= 0.3 is 0 Å². The van der Waals surface area contributed by atoms with E-state index in [1.807, 2.05) is 13.0 Å². The van der Waals surface area contributed by atoms with E-state index in [0.717, 1.165) is 22.9 Å². The van der Waals surface area contributed by atoms with Crippen molar-refractivity contribution in [3.05, 3.63) is 46.6 Å². The number of hydrogen-bond donors (Lipinski definition) is 2. The Morgan fingerprint density at radius 2 is 1.91 bits per heavy atom. The highest BCUT2D eigenvalue weighted by molar-refractivity contribution is 7.17. The average molecular weight is 329 g/mol. The maximum absolute atomic E-state index is 10.7. The lowest BCUT2D eigenvalue weighted by molar-refractivity contribution is -0.929. The first-order chi connectivity index (χ1) is 11.2. The van der Waals surface area contributed by atoms with E-state index in [-0.39, 0.29) is 11.9 Å². The Balaban J connectivity index is 1.82. The second kappa shape index (κ2) is 5.94. The predicted molar refractivity (Wildman–Crippen MR) is 90.1 cm³/mol. The Morgan fingerprint density at radius 3 is 2.61 bits per heavy atom. The van der Waals surface area contributed by atoms with Crippen molar-refractivity contribution in [3.8, 4) is 5.88 Å². The zero-order chi connectivity index (χ0) is 15.8. The molecular formula is C17H21N4OS+. The summed E-state index contributed by atoms with van der Waals surface area (Å²) in [5.74, 6) is 0.942. The fourth-order valence-electron chi connectivity index (χ4n) is 3.55. The van der Waals surface area contributed by atoms with E-state index in [1.165, 1.54) is 29.7 Å². The third-order valence-electron chi connectivity index (χ3n) is 4.60. The van der Waals surface area contributed by atoms with E-state index in [1.54, 1.807) is 15.9 Å². The molecule has 0 saturated carbocycles. The van der Waals surface area contributed by atoms with E-state index in [4.69, 9.17) is 0 Å². The van der Waals surface area contributed by atoms with Crippen molar-refractivity contribution in [2.75, 3.05) is 13.1 Å². The average Bonchev–Trinajstić information content (AvgIpc) is 3.08. The molecule has 1 fully saturated rings. The number of piperidine rings is 1. The highest BCUT2D eigenvalue weighted by Crippen LogP contribution is 2.35. The molecule has 0 radical (unpaired) electrons. The van der Waals surface area contributed by atoms with Gasteiger partial charge in [0.2, 0.25) is 10.8 Å². The van der Waals surface area contributed by atoms with E-state index in [2.05, 4.69) is 34.3 Å². The number of aromatic hydroxyl groups is 1. The summed E-state index contributed by atoms with van der Waals surface area (Å²) in [6.07, 6.45) is 3.81. The monoisotopic (exact) mass is 329 g/mol. The molecule has 4 rings (SSSR count). The van der Waals surface area contributed by atoms with Crippen molar-refractivity contribution in [3.63, 3.8) is 0 Å². The zero-order valence-electron chi connectivity index (χ0n) is 13.2. The first-order valence-corrected chi connectivity index (χ1v) is 9.00.